The Hall–Kier alpha value is -4.09. The van der Waals surface area contributed by atoms with E-state index in [4.69, 9.17) is 17.3 Å². The van der Waals surface area contributed by atoms with Gasteiger partial charge < -0.3 is 16.2 Å². The molecule has 0 saturated heterocycles. The van der Waals surface area contributed by atoms with E-state index in [9.17, 15) is 36.6 Å². The zero-order chi connectivity index (χ0) is 27.7. The third-order valence-electron chi connectivity index (χ3n) is 6.26. The number of nitrogens with two attached hydrogens (primary N) is 1. The average Bonchev–Trinajstić information content (AvgIpc) is 3.10. The summed E-state index contributed by atoms with van der Waals surface area (Å²) in [6.45, 7) is 0. The summed E-state index contributed by atoms with van der Waals surface area (Å²) >= 11 is 6.19. The number of primary amides is 1. The Bertz CT molecular complexity index is 1710. The van der Waals surface area contributed by atoms with Crippen molar-refractivity contribution >= 4 is 34.2 Å². The molecule has 0 saturated carbocycles. The first-order valence-corrected chi connectivity index (χ1v) is 11.1. The van der Waals surface area contributed by atoms with Crippen molar-refractivity contribution in [1.29, 1.82) is 0 Å². The summed E-state index contributed by atoms with van der Waals surface area (Å²) in [7, 11) is 0. The van der Waals surface area contributed by atoms with Crippen molar-refractivity contribution < 1.29 is 41.0 Å². The zero-order valence-corrected chi connectivity index (χ0v) is 19.4. The van der Waals surface area contributed by atoms with Crippen molar-refractivity contribution in [3.8, 4) is 11.1 Å². The van der Waals surface area contributed by atoms with Crippen LogP contribution in [0.1, 0.15) is 37.4 Å². The Morgan fingerprint density at radius 1 is 0.947 bits per heavy atom. The van der Waals surface area contributed by atoms with Crippen molar-refractivity contribution in [2.24, 2.45) is 5.73 Å². The Labute approximate surface area is 214 Å². The second-order valence-electron chi connectivity index (χ2n) is 8.57. The molecule has 2 amide bonds. The predicted molar refractivity (Wildman–Crippen MR) is 125 cm³/mol. The van der Waals surface area contributed by atoms with Crippen LogP contribution >= 0.6 is 11.6 Å². The highest BCUT2D eigenvalue weighted by atomic mass is 35.5. The number of halogens is 7. The van der Waals surface area contributed by atoms with Crippen molar-refractivity contribution in [3.63, 3.8) is 0 Å². The first-order chi connectivity index (χ1) is 17.7. The molecule has 12 heteroatoms. The summed E-state index contributed by atoms with van der Waals surface area (Å²) < 4.78 is 84.0. The van der Waals surface area contributed by atoms with Gasteiger partial charge in [0.2, 0.25) is 5.91 Å². The highest BCUT2D eigenvalue weighted by molar-refractivity contribution is 6.31. The quantitative estimate of drug-likeness (QED) is 0.289. The molecular formula is C26H13ClF6N2O3. The number of fused-ring (bicyclic) bond motifs is 3. The SMILES string of the molecule is NC(=O)c1cc(C(F)(F)F)cc(F)c1-c1cc2ccc(F)cc2c2c1C(O)(c1cc(F)ccc1Cl)NC2=O. The molecule has 4 N–H and O–H groups in total. The molecule has 0 aromatic heterocycles. The molecule has 0 fully saturated rings. The van der Waals surface area contributed by atoms with Crippen LogP contribution in [0, 0.1) is 17.5 Å². The number of carbonyl (C=O) groups excluding carboxylic acids is 2. The van der Waals surface area contributed by atoms with Gasteiger partial charge in [-0.3, -0.25) is 9.59 Å². The lowest BCUT2D eigenvalue weighted by atomic mass is 9.83. The van der Waals surface area contributed by atoms with Crippen LogP contribution in [0.15, 0.2) is 54.6 Å². The van der Waals surface area contributed by atoms with Gasteiger partial charge in [-0.05, 0) is 64.9 Å². The number of benzene rings is 4. The van der Waals surface area contributed by atoms with Crippen molar-refractivity contribution in [2.75, 3.05) is 0 Å². The molecule has 0 bridgehead atoms. The van der Waals surface area contributed by atoms with Crippen LogP contribution in [0.25, 0.3) is 21.9 Å². The van der Waals surface area contributed by atoms with Crippen LogP contribution in [0.2, 0.25) is 5.02 Å². The fraction of sp³-hybridized carbons (Fsp3) is 0.0769. The third kappa shape index (κ3) is 3.86. The normalized spacial score (nSPS) is 17.0. The lowest BCUT2D eigenvalue weighted by molar-refractivity contribution is -0.137. The minimum atomic E-state index is -5.04. The summed E-state index contributed by atoms with van der Waals surface area (Å²) in [4.78, 5) is 25.4. The molecule has 4 aromatic carbocycles. The number of rotatable bonds is 3. The molecule has 0 spiro atoms. The largest absolute Gasteiger partial charge is 0.416 e. The third-order valence-corrected chi connectivity index (χ3v) is 6.59. The van der Waals surface area contributed by atoms with E-state index in [0.29, 0.717) is 6.07 Å². The standard InChI is InChI=1S/C26H13ClF6N2O3/c27-18-4-3-13(29)9-17(18)25(38)22-15(5-10-1-2-12(28)8-14(10)21(22)24(37)35-25)20-16(23(34)36)6-11(7-19(20)30)26(31,32)33/h1-9,38H,(H2,34,36)(H,35,37). The Balaban J connectivity index is 1.97. The van der Waals surface area contributed by atoms with E-state index in [2.05, 4.69) is 5.32 Å². The van der Waals surface area contributed by atoms with Gasteiger partial charge in [0.05, 0.1) is 16.7 Å². The van der Waals surface area contributed by atoms with Gasteiger partial charge >= 0.3 is 6.18 Å². The Morgan fingerprint density at radius 3 is 2.26 bits per heavy atom. The molecule has 1 aliphatic rings. The van der Waals surface area contributed by atoms with E-state index < -0.39 is 80.1 Å². The van der Waals surface area contributed by atoms with E-state index in [1.165, 1.54) is 6.07 Å². The van der Waals surface area contributed by atoms with Gasteiger partial charge in [0.25, 0.3) is 5.91 Å². The van der Waals surface area contributed by atoms with Crippen LogP contribution in [-0.2, 0) is 11.9 Å². The van der Waals surface area contributed by atoms with Gasteiger partial charge in [-0.15, -0.1) is 0 Å². The minimum absolute atomic E-state index is 0.0577. The number of hydrogen-bond donors (Lipinski definition) is 3. The molecule has 0 radical (unpaired) electrons. The minimum Gasteiger partial charge on any atom is -0.366 e. The van der Waals surface area contributed by atoms with Gasteiger partial charge in [-0.25, -0.2) is 13.2 Å². The molecule has 5 nitrogen and oxygen atoms in total. The van der Waals surface area contributed by atoms with Crippen molar-refractivity contribution in [1.82, 2.24) is 5.32 Å². The topological polar surface area (TPSA) is 92.4 Å². The van der Waals surface area contributed by atoms with E-state index in [1.807, 2.05) is 0 Å². The maximum atomic E-state index is 15.5. The lowest BCUT2D eigenvalue weighted by Gasteiger charge is -2.28. The van der Waals surface area contributed by atoms with Crippen LogP contribution in [0.4, 0.5) is 26.3 Å². The fourth-order valence-corrected chi connectivity index (χ4v) is 4.94. The second kappa shape index (κ2) is 8.47. The van der Waals surface area contributed by atoms with Gasteiger partial charge in [-0.2, -0.15) is 13.2 Å². The molecule has 194 valence electrons. The molecule has 1 atom stereocenters. The van der Waals surface area contributed by atoms with Crippen LogP contribution in [0.3, 0.4) is 0 Å². The molecule has 4 aromatic rings. The van der Waals surface area contributed by atoms with Gasteiger partial charge in [0.1, 0.15) is 17.5 Å². The molecule has 1 aliphatic heterocycles. The fourth-order valence-electron chi connectivity index (χ4n) is 4.68. The summed E-state index contributed by atoms with van der Waals surface area (Å²) in [6.07, 6.45) is -5.04. The maximum absolute atomic E-state index is 15.5. The first-order valence-electron chi connectivity index (χ1n) is 10.7. The zero-order valence-electron chi connectivity index (χ0n) is 18.7. The monoisotopic (exact) mass is 550 g/mol. The molecule has 1 unspecified atom stereocenters. The number of hydrogen-bond acceptors (Lipinski definition) is 3. The highest BCUT2D eigenvalue weighted by Gasteiger charge is 2.48. The Kier molecular flexibility index (Phi) is 5.69. The molecule has 38 heavy (non-hydrogen) atoms. The van der Waals surface area contributed by atoms with Gasteiger partial charge in [-0.1, -0.05) is 17.7 Å². The summed E-state index contributed by atoms with van der Waals surface area (Å²) in [5.41, 5.74) is -2.26. The molecular weight excluding hydrogens is 538 g/mol. The van der Waals surface area contributed by atoms with E-state index >= 15 is 4.39 Å². The number of amides is 2. The Morgan fingerprint density at radius 2 is 1.61 bits per heavy atom. The van der Waals surface area contributed by atoms with Gasteiger partial charge in [0.15, 0.2) is 5.72 Å². The average molecular weight is 551 g/mol. The summed E-state index contributed by atoms with van der Waals surface area (Å²) in [5.74, 6) is -5.66. The lowest BCUT2D eigenvalue weighted by Crippen LogP contribution is -2.41. The number of aliphatic hydroxyl groups is 1. The predicted octanol–water partition coefficient (Wildman–Crippen LogP) is 5.63. The highest BCUT2D eigenvalue weighted by Crippen LogP contribution is 2.48. The number of carbonyl (C=O) groups is 2. The van der Waals surface area contributed by atoms with E-state index in [1.54, 1.807) is 0 Å². The van der Waals surface area contributed by atoms with Crippen LogP contribution < -0.4 is 11.1 Å². The molecule has 0 aliphatic carbocycles. The first kappa shape index (κ1) is 25.6. The van der Waals surface area contributed by atoms with Gasteiger partial charge in [0, 0.05) is 21.7 Å². The van der Waals surface area contributed by atoms with E-state index in [0.717, 1.165) is 36.4 Å². The number of nitrogens with one attached hydrogen (secondary N) is 1. The summed E-state index contributed by atoms with van der Waals surface area (Å²) in [6, 6.07) is 7.60. The van der Waals surface area contributed by atoms with Crippen molar-refractivity contribution in [2.45, 2.75) is 11.9 Å². The molecule has 5 rings (SSSR count). The maximum Gasteiger partial charge on any atom is 0.416 e. The van der Waals surface area contributed by atoms with Crippen molar-refractivity contribution in [3.05, 3.63) is 105 Å². The van der Waals surface area contributed by atoms with Crippen LogP contribution in [0.5, 0.6) is 0 Å². The molecule has 1 heterocycles. The second-order valence-corrected chi connectivity index (χ2v) is 8.98. The smallest absolute Gasteiger partial charge is 0.366 e. The number of alkyl halides is 3. The summed E-state index contributed by atoms with van der Waals surface area (Å²) in [5, 5.41) is 13.8. The van der Waals surface area contributed by atoms with Crippen LogP contribution in [-0.4, -0.2) is 16.9 Å². The van der Waals surface area contributed by atoms with E-state index in [-0.39, 0.29) is 21.9 Å².